The second-order valence-corrected chi connectivity index (χ2v) is 6.40. The summed E-state index contributed by atoms with van der Waals surface area (Å²) in [6.07, 6.45) is 5.87. The van der Waals surface area contributed by atoms with Crippen molar-refractivity contribution in [1.82, 2.24) is 10.2 Å². The average molecular weight is 254 g/mol. The van der Waals surface area contributed by atoms with Crippen molar-refractivity contribution in [2.24, 2.45) is 11.3 Å². The Balaban J connectivity index is 1.76. The second-order valence-electron chi connectivity index (χ2n) is 6.40. The van der Waals surface area contributed by atoms with Gasteiger partial charge in [-0.3, -0.25) is 0 Å². The summed E-state index contributed by atoms with van der Waals surface area (Å²) in [4.78, 5) is 13.9. The minimum atomic E-state index is 0.0154. The van der Waals surface area contributed by atoms with Gasteiger partial charge in [0, 0.05) is 19.1 Å². The molecule has 0 aromatic heterocycles. The molecule has 0 bridgehead atoms. The molecule has 2 aliphatic rings. The number of urea groups is 1. The molecule has 0 aromatic carbocycles. The van der Waals surface area contributed by atoms with E-state index in [0.717, 1.165) is 19.4 Å². The monoisotopic (exact) mass is 254 g/mol. The molecule has 0 aromatic rings. The molecule has 2 N–H and O–H groups in total. The highest BCUT2D eigenvalue weighted by atomic mass is 16.3. The largest absolute Gasteiger partial charge is 0.395 e. The number of carbonyl (C=O) groups excluding carboxylic acids is 1. The van der Waals surface area contributed by atoms with Crippen LogP contribution in [0.3, 0.4) is 0 Å². The van der Waals surface area contributed by atoms with Crippen LogP contribution in [0.5, 0.6) is 0 Å². The zero-order chi connectivity index (χ0) is 13.2. The molecule has 0 aliphatic heterocycles. The Morgan fingerprint density at radius 3 is 2.56 bits per heavy atom. The maximum Gasteiger partial charge on any atom is 0.317 e. The number of nitrogens with one attached hydrogen (secondary N) is 1. The lowest BCUT2D eigenvalue weighted by Gasteiger charge is -2.24. The van der Waals surface area contributed by atoms with E-state index in [-0.39, 0.29) is 12.6 Å². The Hall–Kier alpha value is -0.770. The number of amides is 2. The van der Waals surface area contributed by atoms with Crippen molar-refractivity contribution < 1.29 is 9.90 Å². The number of hydrogen-bond acceptors (Lipinski definition) is 2. The molecule has 2 rings (SSSR count). The van der Waals surface area contributed by atoms with Crippen molar-refractivity contribution >= 4 is 6.03 Å². The number of carbonyl (C=O) groups is 1. The molecule has 2 aliphatic carbocycles. The molecule has 2 saturated carbocycles. The van der Waals surface area contributed by atoms with E-state index in [0.29, 0.717) is 23.9 Å². The van der Waals surface area contributed by atoms with E-state index < -0.39 is 0 Å². The summed E-state index contributed by atoms with van der Waals surface area (Å²) >= 11 is 0. The summed E-state index contributed by atoms with van der Waals surface area (Å²) in [7, 11) is 0. The standard InChI is InChI=1S/C14H26N2O2/c1-11(2)9-14(5-6-14)10-15-13(18)16(7-8-17)12-3-4-12/h11-12,17H,3-10H2,1-2H3,(H,15,18). The molecule has 4 heteroatoms. The van der Waals surface area contributed by atoms with Crippen LogP contribution >= 0.6 is 0 Å². The van der Waals surface area contributed by atoms with Crippen LogP contribution in [-0.4, -0.2) is 41.8 Å². The number of hydrogen-bond donors (Lipinski definition) is 2. The van der Waals surface area contributed by atoms with Gasteiger partial charge < -0.3 is 15.3 Å². The maximum atomic E-state index is 12.1. The molecular weight excluding hydrogens is 228 g/mol. The van der Waals surface area contributed by atoms with E-state index in [1.54, 1.807) is 4.90 Å². The molecule has 4 nitrogen and oxygen atoms in total. The van der Waals surface area contributed by atoms with Crippen LogP contribution in [0.25, 0.3) is 0 Å². The molecule has 0 spiro atoms. The van der Waals surface area contributed by atoms with Gasteiger partial charge in [-0.05, 0) is 43.4 Å². The van der Waals surface area contributed by atoms with Gasteiger partial charge in [0.15, 0.2) is 0 Å². The van der Waals surface area contributed by atoms with Crippen LogP contribution in [0.15, 0.2) is 0 Å². The topological polar surface area (TPSA) is 52.6 Å². The van der Waals surface area contributed by atoms with Crippen LogP contribution < -0.4 is 5.32 Å². The molecule has 0 atom stereocenters. The molecule has 2 fully saturated rings. The van der Waals surface area contributed by atoms with Crippen LogP contribution in [-0.2, 0) is 0 Å². The summed E-state index contributed by atoms with van der Waals surface area (Å²) < 4.78 is 0. The van der Waals surface area contributed by atoms with Crippen LogP contribution in [0.4, 0.5) is 4.79 Å². The molecular formula is C14H26N2O2. The van der Waals surface area contributed by atoms with Crippen molar-refractivity contribution in [3.63, 3.8) is 0 Å². The van der Waals surface area contributed by atoms with Gasteiger partial charge in [-0.15, -0.1) is 0 Å². The first-order valence-electron chi connectivity index (χ1n) is 7.22. The summed E-state index contributed by atoms with van der Waals surface area (Å²) in [6, 6.07) is 0.388. The zero-order valence-electron chi connectivity index (χ0n) is 11.6. The third-order valence-electron chi connectivity index (χ3n) is 4.00. The quantitative estimate of drug-likeness (QED) is 0.730. The van der Waals surface area contributed by atoms with E-state index in [9.17, 15) is 4.79 Å². The summed E-state index contributed by atoms with van der Waals surface area (Å²) in [5.74, 6) is 0.696. The number of nitrogens with zero attached hydrogens (tertiary/aromatic N) is 1. The van der Waals surface area contributed by atoms with Gasteiger partial charge in [-0.2, -0.15) is 0 Å². The maximum absolute atomic E-state index is 12.1. The Morgan fingerprint density at radius 2 is 2.11 bits per heavy atom. The summed E-state index contributed by atoms with van der Waals surface area (Å²) in [5, 5.41) is 12.1. The highest BCUT2D eigenvalue weighted by Gasteiger charge is 2.43. The third kappa shape index (κ3) is 3.61. The molecule has 0 heterocycles. The van der Waals surface area contributed by atoms with Gasteiger partial charge >= 0.3 is 6.03 Å². The predicted molar refractivity (Wildman–Crippen MR) is 71.3 cm³/mol. The van der Waals surface area contributed by atoms with Gasteiger partial charge in [-0.1, -0.05) is 13.8 Å². The molecule has 0 radical (unpaired) electrons. The van der Waals surface area contributed by atoms with Crippen molar-refractivity contribution in [2.75, 3.05) is 19.7 Å². The Morgan fingerprint density at radius 1 is 1.44 bits per heavy atom. The van der Waals surface area contributed by atoms with Crippen molar-refractivity contribution in [2.45, 2.75) is 52.0 Å². The average Bonchev–Trinajstić information content (AvgIpc) is 3.17. The molecule has 104 valence electrons. The number of aliphatic hydroxyl groups is 1. The van der Waals surface area contributed by atoms with Crippen molar-refractivity contribution in [3.05, 3.63) is 0 Å². The minimum absolute atomic E-state index is 0.0154. The van der Waals surface area contributed by atoms with Gasteiger partial charge in [0.25, 0.3) is 0 Å². The fourth-order valence-corrected chi connectivity index (χ4v) is 2.80. The van der Waals surface area contributed by atoms with Crippen LogP contribution in [0.2, 0.25) is 0 Å². The third-order valence-corrected chi connectivity index (χ3v) is 4.00. The fraction of sp³-hybridized carbons (Fsp3) is 0.929. The van der Waals surface area contributed by atoms with E-state index >= 15 is 0 Å². The Kier molecular flexibility index (Phi) is 4.15. The first kappa shape index (κ1) is 13.7. The van der Waals surface area contributed by atoms with E-state index in [1.807, 2.05) is 0 Å². The van der Waals surface area contributed by atoms with Gasteiger partial charge in [0.1, 0.15) is 0 Å². The highest BCUT2D eigenvalue weighted by Crippen LogP contribution is 2.50. The molecule has 2 amide bonds. The molecule has 18 heavy (non-hydrogen) atoms. The number of aliphatic hydroxyl groups excluding tert-OH is 1. The number of rotatable bonds is 7. The normalized spacial score (nSPS) is 20.9. The lowest BCUT2D eigenvalue weighted by molar-refractivity contribution is 0.171. The first-order valence-corrected chi connectivity index (χ1v) is 7.22. The molecule has 0 saturated heterocycles. The van der Waals surface area contributed by atoms with E-state index in [2.05, 4.69) is 19.2 Å². The Bertz CT molecular complexity index is 296. The van der Waals surface area contributed by atoms with Gasteiger partial charge in [0.05, 0.1) is 6.61 Å². The highest BCUT2D eigenvalue weighted by molar-refractivity contribution is 5.75. The van der Waals surface area contributed by atoms with Gasteiger partial charge in [-0.25, -0.2) is 4.79 Å². The lowest BCUT2D eigenvalue weighted by Crippen LogP contribution is -2.44. The van der Waals surface area contributed by atoms with Crippen molar-refractivity contribution in [1.29, 1.82) is 0 Å². The first-order chi connectivity index (χ1) is 8.56. The fourth-order valence-electron chi connectivity index (χ4n) is 2.80. The molecule has 0 unspecified atom stereocenters. The minimum Gasteiger partial charge on any atom is -0.395 e. The summed E-state index contributed by atoms with van der Waals surface area (Å²) in [5.41, 5.74) is 0.373. The van der Waals surface area contributed by atoms with Crippen LogP contribution in [0.1, 0.15) is 46.0 Å². The van der Waals surface area contributed by atoms with Crippen molar-refractivity contribution in [3.8, 4) is 0 Å². The summed E-state index contributed by atoms with van der Waals surface area (Å²) in [6.45, 7) is 5.81. The predicted octanol–water partition coefficient (Wildman–Crippen LogP) is 1.98. The second kappa shape index (κ2) is 5.47. The van der Waals surface area contributed by atoms with Crippen LogP contribution in [0, 0.1) is 11.3 Å². The van der Waals surface area contributed by atoms with Gasteiger partial charge in [0.2, 0.25) is 0 Å². The SMILES string of the molecule is CC(C)CC1(CNC(=O)N(CCO)C2CC2)CC1. The smallest absolute Gasteiger partial charge is 0.317 e. The van der Waals surface area contributed by atoms with E-state index in [1.165, 1.54) is 19.3 Å². The lowest BCUT2D eigenvalue weighted by atomic mass is 9.94. The van der Waals surface area contributed by atoms with E-state index in [4.69, 9.17) is 5.11 Å². The Labute approximate surface area is 110 Å². The zero-order valence-corrected chi connectivity index (χ0v) is 11.6.